The van der Waals surface area contributed by atoms with Crippen molar-refractivity contribution in [1.82, 2.24) is 20.3 Å². The second kappa shape index (κ2) is 6.32. The van der Waals surface area contributed by atoms with Crippen LogP contribution in [0.15, 0.2) is 10.7 Å². The Kier molecular flexibility index (Phi) is 4.47. The number of nitrogens with one attached hydrogen (secondary N) is 1. The summed E-state index contributed by atoms with van der Waals surface area (Å²) in [7, 11) is 1.88. The third kappa shape index (κ3) is 3.48. The molecular weight excluding hydrogens is 316 g/mol. The molecule has 0 spiro atoms. The maximum Gasteiger partial charge on any atom is 0.274 e. The summed E-state index contributed by atoms with van der Waals surface area (Å²) in [5.41, 5.74) is 3.57. The highest BCUT2D eigenvalue weighted by molar-refractivity contribution is 5.94. The first kappa shape index (κ1) is 17.7. The van der Waals surface area contributed by atoms with Gasteiger partial charge in [0, 0.05) is 30.8 Å². The van der Waals surface area contributed by atoms with Gasteiger partial charge in [0.2, 0.25) is 0 Å². The third-order valence-corrected chi connectivity index (χ3v) is 5.35. The van der Waals surface area contributed by atoms with Crippen LogP contribution in [0.5, 0.6) is 0 Å². The van der Waals surface area contributed by atoms with E-state index in [4.69, 9.17) is 4.52 Å². The maximum absolute atomic E-state index is 12.8. The van der Waals surface area contributed by atoms with E-state index < -0.39 is 0 Å². The Morgan fingerprint density at radius 2 is 2.16 bits per heavy atom. The van der Waals surface area contributed by atoms with Crippen LogP contribution in [0.3, 0.4) is 0 Å². The van der Waals surface area contributed by atoms with Gasteiger partial charge in [-0.05, 0) is 38.0 Å². The zero-order chi connectivity index (χ0) is 18.4. The monoisotopic (exact) mass is 344 g/mol. The van der Waals surface area contributed by atoms with Gasteiger partial charge in [0.15, 0.2) is 5.69 Å². The van der Waals surface area contributed by atoms with Crippen molar-refractivity contribution in [2.75, 3.05) is 0 Å². The van der Waals surface area contributed by atoms with E-state index in [0.717, 1.165) is 41.8 Å². The summed E-state index contributed by atoms with van der Waals surface area (Å²) in [6.07, 6.45) is 4.73. The Bertz CT molecular complexity index is 782. The number of amides is 1. The second-order valence-corrected chi connectivity index (χ2v) is 8.28. The zero-order valence-corrected chi connectivity index (χ0v) is 16.0. The van der Waals surface area contributed by atoms with E-state index in [1.54, 1.807) is 4.68 Å². The number of carbonyl (C=O) groups excluding carboxylic acids is 1. The molecule has 1 N–H and O–H groups in total. The zero-order valence-electron chi connectivity index (χ0n) is 16.0. The van der Waals surface area contributed by atoms with Crippen LogP contribution in [0.4, 0.5) is 0 Å². The average molecular weight is 344 g/mol. The molecule has 0 fully saturated rings. The predicted octanol–water partition coefficient (Wildman–Crippen LogP) is 3.36. The van der Waals surface area contributed by atoms with E-state index in [1.165, 1.54) is 0 Å². The molecule has 3 rings (SSSR count). The summed E-state index contributed by atoms with van der Waals surface area (Å²) in [5, 5.41) is 11.5. The van der Waals surface area contributed by atoms with Crippen LogP contribution in [0.1, 0.15) is 73.2 Å². The first-order valence-corrected chi connectivity index (χ1v) is 8.95. The Hall–Kier alpha value is -2.11. The van der Waals surface area contributed by atoms with Crippen molar-refractivity contribution in [2.24, 2.45) is 18.4 Å². The Labute approximate surface area is 149 Å². The summed E-state index contributed by atoms with van der Waals surface area (Å²) in [4.78, 5) is 12.8. The first-order chi connectivity index (χ1) is 11.7. The normalized spacial score (nSPS) is 18.7. The lowest BCUT2D eigenvalue weighted by molar-refractivity contribution is 0.0929. The van der Waals surface area contributed by atoms with Crippen molar-refractivity contribution in [3.63, 3.8) is 0 Å². The first-order valence-electron chi connectivity index (χ1n) is 8.95. The smallest absolute Gasteiger partial charge is 0.274 e. The van der Waals surface area contributed by atoms with Crippen molar-refractivity contribution in [3.8, 4) is 0 Å². The summed E-state index contributed by atoms with van der Waals surface area (Å²) in [6.45, 7) is 10.7. The minimum Gasteiger partial charge on any atom is -0.360 e. The molecule has 1 amide bonds. The fraction of sp³-hybridized carbons (Fsp3) is 0.632. The Balaban J connectivity index is 1.78. The fourth-order valence-electron chi connectivity index (χ4n) is 3.71. The van der Waals surface area contributed by atoms with Gasteiger partial charge in [-0.2, -0.15) is 5.10 Å². The molecule has 2 atom stereocenters. The molecule has 1 aliphatic carbocycles. The van der Waals surface area contributed by atoms with E-state index in [-0.39, 0.29) is 17.4 Å². The number of nitrogens with zero attached hydrogens (tertiary/aromatic N) is 3. The number of aromatic nitrogens is 3. The van der Waals surface area contributed by atoms with Crippen LogP contribution < -0.4 is 5.32 Å². The second-order valence-electron chi connectivity index (χ2n) is 8.28. The molecule has 0 aliphatic heterocycles. The van der Waals surface area contributed by atoms with Gasteiger partial charge in [-0.25, -0.2) is 0 Å². The van der Waals surface area contributed by atoms with Gasteiger partial charge in [-0.1, -0.05) is 25.9 Å². The SMILES string of the molecule is Cc1nn(C)cc1[C@H](C)NC(=O)c1noc2c1C[C@H](C(C)(C)C)CC2. The van der Waals surface area contributed by atoms with E-state index >= 15 is 0 Å². The van der Waals surface area contributed by atoms with Crippen LogP contribution in [0.25, 0.3) is 0 Å². The molecule has 1 aliphatic rings. The minimum absolute atomic E-state index is 0.129. The molecule has 0 bridgehead atoms. The van der Waals surface area contributed by atoms with Gasteiger partial charge in [0.25, 0.3) is 5.91 Å². The molecule has 0 aromatic carbocycles. The summed E-state index contributed by atoms with van der Waals surface area (Å²) in [5.74, 6) is 1.23. The van der Waals surface area contributed by atoms with Gasteiger partial charge in [-0.3, -0.25) is 9.48 Å². The highest BCUT2D eigenvalue weighted by Gasteiger charge is 2.34. The number of fused-ring (bicyclic) bond motifs is 1. The van der Waals surface area contributed by atoms with E-state index in [0.29, 0.717) is 11.6 Å². The van der Waals surface area contributed by atoms with E-state index in [1.807, 2.05) is 27.1 Å². The lowest BCUT2D eigenvalue weighted by Gasteiger charge is -2.33. The average Bonchev–Trinajstić information content (AvgIpc) is 3.08. The molecular formula is C19H28N4O2. The van der Waals surface area contributed by atoms with Crippen LogP contribution in [-0.4, -0.2) is 20.8 Å². The van der Waals surface area contributed by atoms with Crippen LogP contribution in [0.2, 0.25) is 0 Å². The molecule has 0 saturated carbocycles. The number of hydrogen-bond acceptors (Lipinski definition) is 4. The van der Waals surface area contributed by atoms with Gasteiger partial charge < -0.3 is 9.84 Å². The molecule has 0 saturated heterocycles. The molecule has 136 valence electrons. The highest BCUT2D eigenvalue weighted by atomic mass is 16.5. The Morgan fingerprint density at radius 3 is 2.76 bits per heavy atom. The molecule has 0 unspecified atom stereocenters. The minimum atomic E-state index is -0.171. The number of aryl methyl sites for hydroxylation is 3. The fourth-order valence-corrected chi connectivity index (χ4v) is 3.71. The number of hydrogen-bond donors (Lipinski definition) is 1. The number of rotatable bonds is 3. The topological polar surface area (TPSA) is 73.0 Å². The lowest BCUT2D eigenvalue weighted by Crippen LogP contribution is -2.30. The molecule has 25 heavy (non-hydrogen) atoms. The molecule has 2 aromatic rings. The summed E-state index contributed by atoms with van der Waals surface area (Å²) < 4.78 is 7.22. The van der Waals surface area contributed by atoms with Crippen molar-refractivity contribution < 1.29 is 9.32 Å². The van der Waals surface area contributed by atoms with E-state index in [9.17, 15) is 4.79 Å². The summed E-state index contributed by atoms with van der Waals surface area (Å²) in [6, 6.07) is -0.129. The van der Waals surface area contributed by atoms with Gasteiger partial charge >= 0.3 is 0 Å². The maximum atomic E-state index is 12.8. The standard InChI is InChI=1S/C19H28N4O2/c1-11(15-10-23(6)21-12(15)2)20-18(24)17-14-9-13(19(3,4)5)7-8-16(14)25-22-17/h10-11,13H,7-9H2,1-6H3,(H,20,24)/t11-,13+/m0/s1. The van der Waals surface area contributed by atoms with Crippen LogP contribution in [0, 0.1) is 18.3 Å². The van der Waals surface area contributed by atoms with Gasteiger partial charge in [0.05, 0.1) is 11.7 Å². The largest absolute Gasteiger partial charge is 0.360 e. The van der Waals surface area contributed by atoms with Crippen molar-refractivity contribution in [1.29, 1.82) is 0 Å². The van der Waals surface area contributed by atoms with Gasteiger partial charge in [0.1, 0.15) is 5.76 Å². The molecule has 2 aromatic heterocycles. The van der Waals surface area contributed by atoms with Crippen molar-refractivity contribution in [2.45, 2.75) is 59.9 Å². The van der Waals surface area contributed by atoms with Crippen molar-refractivity contribution >= 4 is 5.91 Å². The molecule has 6 heteroatoms. The van der Waals surface area contributed by atoms with Gasteiger partial charge in [-0.15, -0.1) is 0 Å². The molecule has 0 radical (unpaired) electrons. The summed E-state index contributed by atoms with van der Waals surface area (Å²) >= 11 is 0. The Morgan fingerprint density at radius 1 is 1.44 bits per heavy atom. The number of carbonyl (C=O) groups is 1. The van der Waals surface area contributed by atoms with Crippen LogP contribution >= 0.6 is 0 Å². The lowest BCUT2D eigenvalue weighted by atomic mass is 9.71. The molecule has 6 nitrogen and oxygen atoms in total. The quantitative estimate of drug-likeness (QED) is 0.926. The van der Waals surface area contributed by atoms with Crippen LogP contribution in [-0.2, 0) is 19.9 Å². The highest BCUT2D eigenvalue weighted by Crippen LogP contribution is 2.38. The van der Waals surface area contributed by atoms with Crippen molar-refractivity contribution in [3.05, 3.63) is 34.5 Å². The molecule has 2 heterocycles. The van der Waals surface area contributed by atoms with E-state index in [2.05, 4.69) is 36.3 Å². The third-order valence-electron chi connectivity index (χ3n) is 5.35. The predicted molar refractivity (Wildman–Crippen MR) is 95.3 cm³/mol.